The van der Waals surface area contributed by atoms with Crippen LogP contribution in [0.25, 0.3) is 0 Å². The first kappa shape index (κ1) is 90.7. The second kappa shape index (κ2) is 46.0. The molecule has 21 N–H and O–H groups in total. The molecule has 3 unspecified atom stereocenters. The first-order valence-corrected chi connectivity index (χ1v) is 40.5. The van der Waals surface area contributed by atoms with Crippen LogP contribution in [0.1, 0.15) is 241 Å². The Labute approximate surface area is 641 Å². The quantitative estimate of drug-likeness (QED) is 0.0764. The largest absolute Gasteiger partial charge is 0.481 e. The molecule has 3 aliphatic heterocycles. The molecule has 33 nitrogen and oxygen atoms in total. The van der Waals surface area contributed by atoms with Gasteiger partial charge in [0.1, 0.15) is 60.4 Å². The Bertz CT molecular complexity index is 2990. The van der Waals surface area contributed by atoms with Gasteiger partial charge in [0, 0.05) is 32.4 Å². The Morgan fingerprint density at radius 3 is 1.51 bits per heavy atom. The van der Waals surface area contributed by atoms with Crippen LogP contribution in [0.3, 0.4) is 0 Å². The molecule has 12 amide bonds. The number of nitrogens with one attached hydrogen (secondary N) is 14. The molecule has 6 rings (SSSR count). The molecule has 3 aliphatic carbocycles. The lowest BCUT2D eigenvalue weighted by Crippen LogP contribution is -2.62. The number of carboxylic acid groups (broad SMARTS) is 1. The van der Waals surface area contributed by atoms with Crippen LogP contribution in [0.4, 0.5) is 0 Å². The molecule has 3 saturated heterocycles. The van der Waals surface area contributed by atoms with Crippen LogP contribution < -0.4 is 80.2 Å². The van der Waals surface area contributed by atoms with Crippen molar-refractivity contribution in [1.82, 2.24) is 74.4 Å². The molecule has 0 aromatic heterocycles. The molecule has 0 aromatic carbocycles. The van der Waals surface area contributed by atoms with Gasteiger partial charge < -0.3 is 106 Å². The Kier molecular flexibility index (Phi) is 38.3. The summed E-state index contributed by atoms with van der Waals surface area (Å²) in [5.41, 5.74) is 5.02. The van der Waals surface area contributed by atoms with E-state index in [0.717, 1.165) is 25.8 Å². The Hall–Kier alpha value is -7.17. The van der Waals surface area contributed by atoms with Crippen molar-refractivity contribution in [2.45, 2.75) is 332 Å². The minimum atomic E-state index is -1.77. The number of hydrogen-bond acceptors (Lipinski definition) is 20. The average Bonchev–Trinajstić information content (AvgIpc) is 1.78. The van der Waals surface area contributed by atoms with Crippen LogP contribution in [0.2, 0.25) is 0 Å². The predicted molar refractivity (Wildman–Crippen MR) is 403 cm³/mol. The van der Waals surface area contributed by atoms with Crippen LogP contribution in [0.15, 0.2) is 0 Å². The monoisotopic (exact) mass is 1540 g/mol. The maximum Gasteiger partial charge on any atom is 0.303 e. The fourth-order valence-corrected chi connectivity index (χ4v) is 16.0. The number of piperidine rings is 1. The second-order valence-corrected chi connectivity index (χ2v) is 32.6. The molecule has 3 saturated carbocycles. The minimum Gasteiger partial charge on any atom is -0.481 e. The Balaban J connectivity index is 1.35. The van der Waals surface area contributed by atoms with E-state index in [0.29, 0.717) is 116 Å². The number of nitrogens with two attached hydrogens (primary N) is 1. The summed E-state index contributed by atoms with van der Waals surface area (Å²) in [6, 6.07) is -14.3. The molecular formula is C76H131N15O18. The van der Waals surface area contributed by atoms with Crippen molar-refractivity contribution >= 4 is 76.9 Å². The van der Waals surface area contributed by atoms with Crippen molar-refractivity contribution in [3.63, 3.8) is 0 Å². The molecule has 618 valence electrons. The third-order valence-electron chi connectivity index (χ3n) is 22.5. The molecule has 0 bridgehead atoms. The van der Waals surface area contributed by atoms with Gasteiger partial charge in [-0.15, -0.1) is 0 Å². The third kappa shape index (κ3) is 30.5. The fraction of sp³-hybridized carbons (Fsp3) is 0.829. The maximum atomic E-state index is 15.1. The summed E-state index contributed by atoms with van der Waals surface area (Å²) in [7, 11) is 0. The molecule has 0 aromatic rings. The molecule has 6 aliphatic rings. The number of aliphatic hydroxyl groups is 4. The summed E-state index contributed by atoms with van der Waals surface area (Å²) in [4.78, 5) is 186. The lowest BCUT2D eigenvalue weighted by molar-refractivity contribution is -0.139. The van der Waals surface area contributed by atoms with Crippen LogP contribution in [0.5, 0.6) is 0 Å². The van der Waals surface area contributed by atoms with Gasteiger partial charge in [-0.25, -0.2) is 0 Å². The summed E-state index contributed by atoms with van der Waals surface area (Å²) in [6.07, 6.45) is 5.65. The topological polar surface area (TPSA) is 517 Å². The van der Waals surface area contributed by atoms with Crippen molar-refractivity contribution in [3.8, 4) is 0 Å². The number of carbonyl (C=O) groups excluding carboxylic acids is 12. The molecule has 15 atom stereocenters. The molecule has 6 fully saturated rings. The number of aliphatic carboxylic acids is 1. The maximum absolute atomic E-state index is 15.1. The van der Waals surface area contributed by atoms with E-state index in [1.54, 1.807) is 27.7 Å². The zero-order valence-electron chi connectivity index (χ0n) is 65.1. The smallest absolute Gasteiger partial charge is 0.303 e. The van der Waals surface area contributed by atoms with Crippen molar-refractivity contribution in [1.29, 1.82) is 0 Å². The van der Waals surface area contributed by atoms with E-state index >= 15 is 4.79 Å². The van der Waals surface area contributed by atoms with Crippen LogP contribution >= 0.6 is 0 Å². The van der Waals surface area contributed by atoms with E-state index in [1.165, 1.54) is 13.8 Å². The lowest BCUT2D eigenvalue weighted by atomic mass is 9.82. The third-order valence-corrected chi connectivity index (χ3v) is 22.5. The van der Waals surface area contributed by atoms with Gasteiger partial charge >= 0.3 is 5.97 Å². The van der Waals surface area contributed by atoms with Gasteiger partial charge in [-0.2, -0.15) is 0 Å². The van der Waals surface area contributed by atoms with Crippen LogP contribution in [0, 0.1) is 35.0 Å². The fourth-order valence-electron chi connectivity index (χ4n) is 16.0. The number of unbranched alkanes of at least 4 members (excludes halogenated alkanes) is 1. The first-order valence-electron chi connectivity index (χ1n) is 40.5. The highest BCUT2D eigenvalue weighted by Crippen LogP contribution is 2.34. The predicted octanol–water partition coefficient (Wildman–Crippen LogP) is -0.580. The molecule has 0 radical (unpaired) electrons. The number of aliphatic hydroxyl groups excluding tert-OH is 4. The van der Waals surface area contributed by atoms with E-state index in [1.807, 2.05) is 0 Å². The number of rotatable bonds is 18. The Morgan fingerprint density at radius 1 is 0.459 bits per heavy atom. The van der Waals surface area contributed by atoms with Gasteiger partial charge in [-0.3, -0.25) is 62.3 Å². The van der Waals surface area contributed by atoms with Crippen molar-refractivity contribution in [2.24, 2.45) is 40.7 Å². The number of fused-ring (bicyclic) bond motifs is 1. The van der Waals surface area contributed by atoms with Gasteiger partial charge in [-0.1, -0.05) is 59.8 Å². The zero-order chi connectivity index (χ0) is 79.9. The zero-order valence-corrected chi connectivity index (χ0v) is 65.1. The van der Waals surface area contributed by atoms with Gasteiger partial charge in [0.05, 0.1) is 30.6 Å². The highest BCUT2D eigenvalue weighted by atomic mass is 16.4. The standard InChI is InChI=1S/C76H131N15O18/c1-7-18-52-66(100)84-54(33-34-60(98)99)67(101)85-56(40-46-27-31-50(95)32-28-46)71(105)91-63(47-19-10-8-11-20-47)74(108)90-61(43(2)92)72(106)80-38-17-24-58(96)78-36-15-9-12-23-59(97)88-64(76(4,5)6)75(109)87-55(39-45-25-29-49(94)30-26-45)69(103)83-53(22-13-14-35-77)68(102)89-62(44(3)93)73(107)86-57(70(104)82-52)41-48-42-81-65-51(48)21-16-37-79-65/h43-57,61-65,79,81,92-95H,7-42,77H2,1-6H3,(H,78,96)(H,80,106)(H,82,104)(H,83,103)(H,84,100)(H,85,101)(H,86,107)(H,87,109)(H,88,97)(H,89,102)(H,90,108)(H,91,105)(H,98,99)/t43-,44-,45?,46?,48?,49?,50?,51?,52+,53+,54+,55+,56+,57+,61+,62+,63+,64-,65?/m1/s1. The molecule has 109 heavy (non-hydrogen) atoms. The van der Waals surface area contributed by atoms with Gasteiger partial charge in [0.15, 0.2) is 0 Å². The summed E-state index contributed by atoms with van der Waals surface area (Å²) in [5, 5.41) is 93.4. The summed E-state index contributed by atoms with van der Waals surface area (Å²) < 4.78 is 0. The van der Waals surface area contributed by atoms with E-state index in [2.05, 4.69) is 74.4 Å². The summed E-state index contributed by atoms with van der Waals surface area (Å²) in [6.45, 7) is 11.2. The SMILES string of the molecule is CCC[C@@H]1NC(=O)[C@H](CC2CNC3NCCCC23)NC(=O)[C@H]([C@@H](C)O)NC(=O)[C@H](CCCCN)NC(=O)[C@H](CC2CCC(O)CC2)NC(=O)[C@H](C(C)(C)C)NC(=O)CCCCCNC(=O)CCCNC(=O)[C@H]([C@@H](C)O)NC(=O)[C@H](C2CCCCC2)NC(=O)[C@H](CC2CCC(O)CC2)NC(=O)[C@H](CCC(=O)O)NC1=O. The van der Waals surface area contributed by atoms with Crippen molar-refractivity contribution < 1.29 is 87.9 Å². The van der Waals surface area contributed by atoms with Crippen LogP contribution in [-0.4, -0.2) is 226 Å². The number of amides is 12. The minimum absolute atomic E-state index is 0.00345. The van der Waals surface area contributed by atoms with Gasteiger partial charge in [-0.05, 0) is 216 Å². The highest BCUT2D eigenvalue weighted by molar-refractivity contribution is 5.99. The highest BCUT2D eigenvalue weighted by Gasteiger charge is 2.44. The average molecular weight is 1540 g/mol. The van der Waals surface area contributed by atoms with Crippen molar-refractivity contribution in [3.05, 3.63) is 0 Å². The number of carbonyl (C=O) groups is 13. The lowest BCUT2D eigenvalue weighted by Gasteiger charge is -2.34. The van der Waals surface area contributed by atoms with E-state index < -0.39 is 180 Å². The summed E-state index contributed by atoms with van der Waals surface area (Å²) in [5.74, 6) is -11.6. The molecular weight excluding hydrogens is 1410 g/mol. The number of hydrogen-bond donors (Lipinski definition) is 20. The van der Waals surface area contributed by atoms with E-state index in [4.69, 9.17) is 5.73 Å². The van der Waals surface area contributed by atoms with E-state index in [-0.39, 0.29) is 113 Å². The number of carboxylic acids is 1. The second-order valence-electron chi connectivity index (χ2n) is 32.6. The molecule has 0 spiro atoms. The van der Waals surface area contributed by atoms with Gasteiger partial charge in [0.25, 0.3) is 0 Å². The molecule has 3 heterocycles. The van der Waals surface area contributed by atoms with Crippen molar-refractivity contribution in [2.75, 3.05) is 32.7 Å². The normalized spacial score (nSPS) is 32.4. The summed E-state index contributed by atoms with van der Waals surface area (Å²) >= 11 is 0. The van der Waals surface area contributed by atoms with E-state index in [9.17, 15) is 83.1 Å². The van der Waals surface area contributed by atoms with Crippen LogP contribution in [-0.2, 0) is 62.3 Å². The molecule has 33 heteroatoms. The first-order chi connectivity index (χ1) is 51.8. The van der Waals surface area contributed by atoms with Gasteiger partial charge in [0.2, 0.25) is 70.9 Å². The Morgan fingerprint density at radius 2 is 0.945 bits per heavy atom.